The molecule has 0 saturated carbocycles. The monoisotopic (exact) mass is 426 g/mol. The van der Waals surface area contributed by atoms with Crippen molar-refractivity contribution in [2.75, 3.05) is 0 Å². The van der Waals surface area contributed by atoms with Gasteiger partial charge in [0.1, 0.15) is 18.0 Å². The van der Waals surface area contributed by atoms with Crippen LogP contribution in [0.1, 0.15) is 33.4 Å². The molecule has 0 bridgehead atoms. The first-order valence-electron chi connectivity index (χ1n) is 10.5. The van der Waals surface area contributed by atoms with Crippen molar-refractivity contribution >= 4 is 11.6 Å². The second-order valence-corrected chi connectivity index (χ2v) is 8.40. The highest BCUT2D eigenvalue weighted by atomic mass is 35.5. The van der Waals surface area contributed by atoms with Crippen molar-refractivity contribution in [2.24, 2.45) is 0 Å². The van der Waals surface area contributed by atoms with E-state index < -0.39 is 5.60 Å². The van der Waals surface area contributed by atoms with Crippen molar-refractivity contribution in [1.82, 2.24) is 0 Å². The zero-order valence-corrected chi connectivity index (χ0v) is 17.8. The van der Waals surface area contributed by atoms with Crippen LogP contribution in [0.4, 0.5) is 0 Å². The molecule has 0 saturated heterocycles. The maximum Gasteiger partial charge on any atom is 0.141 e. The fourth-order valence-corrected chi connectivity index (χ4v) is 4.57. The van der Waals surface area contributed by atoms with Gasteiger partial charge < -0.3 is 9.84 Å². The Morgan fingerprint density at radius 2 is 1.26 bits per heavy atom. The molecule has 1 N–H and O–H groups in total. The molecule has 0 atom stereocenters. The van der Waals surface area contributed by atoms with E-state index in [1.54, 1.807) is 0 Å². The molecule has 4 aromatic carbocycles. The molecule has 1 aliphatic rings. The van der Waals surface area contributed by atoms with E-state index in [-0.39, 0.29) is 0 Å². The minimum absolute atomic E-state index is 0.465. The number of rotatable bonds is 4. The molecule has 0 heterocycles. The molecule has 0 aliphatic heterocycles. The summed E-state index contributed by atoms with van der Waals surface area (Å²) in [4.78, 5) is 0. The Hall–Kier alpha value is -3.07. The van der Waals surface area contributed by atoms with Gasteiger partial charge in [-0.3, -0.25) is 0 Å². The second kappa shape index (κ2) is 8.22. The molecule has 0 unspecified atom stereocenters. The Morgan fingerprint density at radius 1 is 0.710 bits per heavy atom. The summed E-state index contributed by atoms with van der Waals surface area (Å²) >= 11 is 5.95. The van der Waals surface area contributed by atoms with Gasteiger partial charge >= 0.3 is 0 Å². The van der Waals surface area contributed by atoms with E-state index in [4.69, 9.17) is 16.3 Å². The Balaban J connectivity index is 1.50. The molecule has 31 heavy (non-hydrogen) atoms. The van der Waals surface area contributed by atoms with Gasteiger partial charge in [-0.25, -0.2) is 0 Å². The third-order valence-electron chi connectivity index (χ3n) is 6.07. The van der Waals surface area contributed by atoms with Gasteiger partial charge in [-0.2, -0.15) is 0 Å². The van der Waals surface area contributed by atoms with E-state index in [1.807, 2.05) is 84.9 Å². The SMILES string of the molecule is OC1(c2ccc(OCc3ccc(Cl)cc3)cc2)c2ccccc2CCc2ccccc21. The number of hydrogen-bond acceptors (Lipinski definition) is 2. The lowest BCUT2D eigenvalue weighted by atomic mass is 9.78. The van der Waals surface area contributed by atoms with Gasteiger partial charge in [-0.1, -0.05) is 84.4 Å². The molecule has 0 spiro atoms. The first kappa shape index (κ1) is 19.9. The average molecular weight is 427 g/mol. The lowest BCUT2D eigenvalue weighted by Crippen LogP contribution is -2.30. The average Bonchev–Trinajstić information content (AvgIpc) is 2.95. The van der Waals surface area contributed by atoms with Crippen LogP contribution in [0.2, 0.25) is 5.02 Å². The number of benzene rings is 4. The number of ether oxygens (including phenoxy) is 1. The normalized spacial score (nSPS) is 14.3. The topological polar surface area (TPSA) is 29.5 Å². The molecule has 154 valence electrons. The van der Waals surface area contributed by atoms with Crippen molar-refractivity contribution in [3.8, 4) is 5.75 Å². The van der Waals surface area contributed by atoms with Crippen LogP contribution in [-0.2, 0) is 25.0 Å². The molecule has 0 amide bonds. The van der Waals surface area contributed by atoms with Crippen LogP contribution in [0.25, 0.3) is 0 Å². The minimum Gasteiger partial charge on any atom is -0.489 e. The summed E-state index contributed by atoms with van der Waals surface area (Å²) in [6, 6.07) is 31.9. The van der Waals surface area contributed by atoms with E-state index in [2.05, 4.69) is 12.1 Å². The second-order valence-electron chi connectivity index (χ2n) is 7.96. The smallest absolute Gasteiger partial charge is 0.141 e. The molecule has 3 heteroatoms. The molecule has 5 rings (SSSR count). The highest BCUT2D eigenvalue weighted by Crippen LogP contribution is 2.42. The fraction of sp³-hybridized carbons (Fsp3) is 0.143. The minimum atomic E-state index is -1.20. The summed E-state index contributed by atoms with van der Waals surface area (Å²) in [6.07, 6.45) is 1.83. The first-order valence-corrected chi connectivity index (χ1v) is 10.9. The molecule has 2 nitrogen and oxygen atoms in total. The number of halogens is 1. The predicted octanol–water partition coefficient (Wildman–Crippen LogP) is 6.30. The Morgan fingerprint density at radius 3 is 1.84 bits per heavy atom. The first-order chi connectivity index (χ1) is 15.1. The molecular weight excluding hydrogens is 404 g/mol. The number of fused-ring (bicyclic) bond motifs is 2. The zero-order chi connectivity index (χ0) is 21.3. The van der Waals surface area contributed by atoms with Crippen LogP contribution in [-0.4, -0.2) is 5.11 Å². The maximum absolute atomic E-state index is 12.2. The van der Waals surface area contributed by atoms with Crippen LogP contribution < -0.4 is 4.74 Å². The van der Waals surface area contributed by atoms with Gasteiger partial charge in [0.05, 0.1) is 0 Å². The van der Waals surface area contributed by atoms with Crippen LogP contribution >= 0.6 is 11.6 Å². The Bertz CT molecular complexity index is 1150. The molecule has 1 aliphatic carbocycles. The molecule has 0 aromatic heterocycles. The standard InChI is InChI=1S/C28H23ClO2/c29-24-15-9-20(10-16-24)19-31-25-17-13-23(14-18-25)28(30)26-7-3-1-5-21(26)11-12-22-6-2-4-8-27(22)28/h1-10,13-18,30H,11-12,19H2. The Labute approximate surface area is 187 Å². The van der Waals surface area contributed by atoms with Crippen LogP contribution in [0.15, 0.2) is 97.1 Å². The highest BCUT2D eigenvalue weighted by Gasteiger charge is 2.38. The van der Waals surface area contributed by atoms with Gasteiger partial charge in [0.2, 0.25) is 0 Å². The lowest BCUT2D eigenvalue weighted by Gasteiger charge is -2.31. The van der Waals surface area contributed by atoms with E-state index >= 15 is 0 Å². The van der Waals surface area contributed by atoms with Crippen molar-refractivity contribution < 1.29 is 9.84 Å². The van der Waals surface area contributed by atoms with E-state index in [0.29, 0.717) is 11.6 Å². The van der Waals surface area contributed by atoms with Crippen molar-refractivity contribution in [1.29, 1.82) is 0 Å². The lowest BCUT2D eigenvalue weighted by molar-refractivity contribution is 0.125. The number of hydrogen-bond donors (Lipinski definition) is 1. The zero-order valence-electron chi connectivity index (χ0n) is 17.1. The summed E-state index contributed by atoms with van der Waals surface area (Å²) in [5.41, 5.74) is 4.98. The van der Waals surface area contributed by atoms with E-state index in [0.717, 1.165) is 40.8 Å². The summed E-state index contributed by atoms with van der Waals surface area (Å²) in [6.45, 7) is 0.465. The number of aryl methyl sites for hydroxylation is 2. The molecule has 0 radical (unpaired) electrons. The van der Waals surface area contributed by atoms with Crippen LogP contribution in [0.5, 0.6) is 5.75 Å². The quantitative estimate of drug-likeness (QED) is 0.414. The summed E-state index contributed by atoms with van der Waals surface area (Å²) < 4.78 is 5.95. The van der Waals surface area contributed by atoms with Gasteiger partial charge in [-0.05, 0) is 70.5 Å². The van der Waals surface area contributed by atoms with Gasteiger partial charge in [0.15, 0.2) is 0 Å². The molecule has 0 fully saturated rings. The summed E-state index contributed by atoms with van der Waals surface area (Å²) in [5.74, 6) is 0.762. The molecule has 4 aromatic rings. The van der Waals surface area contributed by atoms with E-state index in [9.17, 15) is 5.11 Å². The van der Waals surface area contributed by atoms with Crippen LogP contribution in [0, 0.1) is 0 Å². The van der Waals surface area contributed by atoms with Crippen molar-refractivity contribution in [3.05, 3.63) is 135 Å². The van der Waals surface area contributed by atoms with Gasteiger partial charge in [-0.15, -0.1) is 0 Å². The third-order valence-corrected chi connectivity index (χ3v) is 6.32. The Kier molecular flexibility index (Phi) is 5.27. The molecular formula is C28H23ClO2. The van der Waals surface area contributed by atoms with Crippen LogP contribution in [0.3, 0.4) is 0 Å². The largest absolute Gasteiger partial charge is 0.489 e. The van der Waals surface area contributed by atoms with Gasteiger partial charge in [0, 0.05) is 5.02 Å². The number of aliphatic hydroxyl groups is 1. The van der Waals surface area contributed by atoms with Gasteiger partial charge in [0.25, 0.3) is 0 Å². The summed E-state index contributed by atoms with van der Waals surface area (Å²) in [5, 5.41) is 12.9. The fourth-order valence-electron chi connectivity index (χ4n) is 4.45. The van der Waals surface area contributed by atoms with Crippen molar-refractivity contribution in [3.63, 3.8) is 0 Å². The summed E-state index contributed by atoms with van der Waals surface area (Å²) in [7, 11) is 0. The van der Waals surface area contributed by atoms with E-state index in [1.165, 1.54) is 11.1 Å². The highest BCUT2D eigenvalue weighted by molar-refractivity contribution is 6.30. The third kappa shape index (κ3) is 3.74. The van der Waals surface area contributed by atoms with Crippen molar-refractivity contribution in [2.45, 2.75) is 25.0 Å². The maximum atomic E-state index is 12.2. The predicted molar refractivity (Wildman–Crippen MR) is 125 cm³/mol.